The van der Waals surface area contributed by atoms with Crippen LogP contribution in [0.2, 0.25) is 0 Å². The van der Waals surface area contributed by atoms with E-state index in [0.29, 0.717) is 31.2 Å². The minimum atomic E-state index is -0.0698. The Hall–Kier alpha value is -2.70. The molecule has 7 nitrogen and oxygen atoms in total. The van der Waals surface area contributed by atoms with Crippen LogP contribution < -0.4 is 0 Å². The zero-order chi connectivity index (χ0) is 19.8. The Morgan fingerprint density at radius 1 is 1.03 bits per heavy atom. The molecular weight excluding hydrogens is 366 g/mol. The molecule has 2 amide bonds. The van der Waals surface area contributed by atoms with Gasteiger partial charge < -0.3 is 9.80 Å². The van der Waals surface area contributed by atoms with Gasteiger partial charge >= 0.3 is 0 Å². The van der Waals surface area contributed by atoms with Gasteiger partial charge in [-0.05, 0) is 43.2 Å². The highest BCUT2D eigenvalue weighted by Gasteiger charge is 2.36. The number of amides is 2. The number of hydrogen-bond donors (Lipinski definition) is 0. The van der Waals surface area contributed by atoms with Crippen LogP contribution in [0.25, 0.3) is 0 Å². The Bertz CT molecular complexity index is 919. The number of rotatable bonds is 4. The second-order valence-corrected chi connectivity index (χ2v) is 8.53. The van der Waals surface area contributed by atoms with Gasteiger partial charge in [0.1, 0.15) is 0 Å². The Balaban J connectivity index is 1.24. The van der Waals surface area contributed by atoms with Crippen molar-refractivity contribution in [2.24, 2.45) is 5.92 Å². The van der Waals surface area contributed by atoms with E-state index in [4.69, 9.17) is 0 Å². The minimum absolute atomic E-state index is 0.0698. The number of fused-ring (bicyclic) bond motifs is 1. The molecule has 1 aromatic heterocycles. The predicted molar refractivity (Wildman–Crippen MR) is 107 cm³/mol. The van der Waals surface area contributed by atoms with E-state index in [0.717, 1.165) is 38.6 Å². The molecule has 1 atom stereocenters. The van der Waals surface area contributed by atoms with Crippen molar-refractivity contribution in [3.63, 3.8) is 0 Å². The summed E-state index contributed by atoms with van der Waals surface area (Å²) >= 11 is 0. The van der Waals surface area contributed by atoms with Crippen LogP contribution in [0.15, 0.2) is 30.5 Å². The van der Waals surface area contributed by atoms with Crippen molar-refractivity contribution in [1.29, 1.82) is 0 Å². The topological polar surface area (TPSA) is 71.3 Å². The van der Waals surface area contributed by atoms with E-state index >= 15 is 0 Å². The van der Waals surface area contributed by atoms with E-state index in [1.54, 1.807) is 10.9 Å². The lowest BCUT2D eigenvalue weighted by atomic mass is 9.84. The standard InChI is InChI=1S/C22H27N5O2/c28-21(17-7-3-8-17)27-11-4-9-19(27)14-26-15-20(23-24-26)22(29)25-12-10-16-5-1-2-6-18(16)13-25/h1-2,5-6,15,17,19H,3-4,7-14H2. The van der Waals surface area contributed by atoms with Gasteiger partial charge in [0.05, 0.1) is 18.8 Å². The molecule has 1 unspecified atom stereocenters. The Morgan fingerprint density at radius 2 is 1.86 bits per heavy atom. The molecule has 7 heteroatoms. The first kappa shape index (κ1) is 18.3. The minimum Gasteiger partial charge on any atom is -0.338 e. The van der Waals surface area contributed by atoms with Crippen molar-refractivity contribution in [1.82, 2.24) is 24.8 Å². The Kier molecular flexibility index (Phi) is 4.81. The first-order valence-electron chi connectivity index (χ1n) is 10.8. The molecule has 1 aromatic carbocycles. The number of hydrogen-bond acceptors (Lipinski definition) is 4. The second-order valence-electron chi connectivity index (χ2n) is 8.53. The molecule has 3 heterocycles. The molecule has 0 spiro atoms. The van der Waals surface area contributed by atoms with Crippen LogP contribution in [0.5, 0.6) is 0 Å². The fourth-order valence-electron chi connectivity index (χ4n) is 4.74. The summed E-state index contributed by atoms with van der Waals surface area (Å²) in [5, 5.41) is 8.33. The van der Waals surface area contributed by atoms with Crippen LogP contribution >= 0.6 is 0 Å². The number of benzene rings is 1. The fourth-order valence-corrected chi connectivity index (χ4v) is 4.74. The molecule has 0 N–H and O–H groups in total. The average Bonchev–Trinajstić information content (AvgIpc) is 3.35. The molecule has 29 heavy (non-hydrogen) atoms. The first-order chi connectivity index (χ1) is 14.2. The van der Waals surface area contributed by atoms with E-state index < -0.39 is 0 Å². The predicted octanol–water partition coefficient (Wildman–Crippen LogP) is 2.27. The summed E-state index contributed by atoms with van der Waals surface area (Å²) < 4.78 is 1.74. The summed E-state index contributed by atoms with van der Waals surface area (Å²) in [6.45, 7) is 2.78. The molecule has 2 fully saturated rings. The van der Waals surface area contributed by atoms with Gasteiger partial charge in [0.15, 0.2) is 5.69 Å². The lowest BCUT2D eigenvalue weighted by Crippen LogP contribution is -2.43. The molecule has 2 aliphatic heterocycles. The van der Waals surface area contributed by atoms with Gasteiger partial charge in [-0.2, -0.15) is 0 Å². The molecule has 152 valence electrons. The summed E-state index contributed by atoms with van der Waals surface area (Å²) in [5.41, 5.74) is 2.91. The van der Waals surface area contributed by atoms with Crippen molar-refractivity contribution in [2.75, 3.05) is 13.1 Å². The highest BCUT2D eigenvalue weighted by molar-refractivity contribution is 5.92. The second kappa shape index (κ2) is 7.61. The summed E-state index contributed by atoms with van der Waals surface area (Å²) in [5.74, 6) is 0.465. The third-order valence-corrected chi connectivity index (χ3v) is 6.69. The van der Waals surface area contributed by atoms with Crippen LogP contribution in [-0.4, -0.2) is 55.7 Å². The number of nitrogens with zero attached hydrogens (tertiary/aromatic N) is 5. The molecule has 1 saturated carbocycles. The van der Waals surface area contributed by atoms with Crippen molar-refractivity contribution in [3.8, 4) is 0 Å². The highest BCUT2D eigenvalue weighted by atomic mass is 16.2. The third kappa shape index (κ3) is 3.54. The summed E-state index contributed by atoms with van der Waals surface area (Å²) in [4.78, 5) is 29.5. The SMILES string of the molecule is O=C(c1cn(CC2CCCN2C(=O)C2CCC2)nn1)N1CCc2ccccc2C1. The molecule has 0 radical (unpaired) electrons. The lowest BCUT2D eigenvalue weighted by molar-refractivity contribution is -0.139. The van der Waals surface area contributed by atoms with Gasteiger partial charge in [0, 0.05) is 25.6 Å². The van der Waals surface area contributed by atoms with Gasteiger partial charge in [-0.25, -0.2) is 4.68 Å². The molecule has 1 saturated heterocycles. The smallest absolute Gasteiger partial charge is 0.276 e. The largest absolute Gasteiger partial charge is 0.338 e. The van der Waals surface area contributed by atoms with Crippen molar-refractivity contribution >= 4 is 11.8 Å². The monoisotopic (exact) mass is 393 g/mol. The van der Waals surface area contributed by atoms with Gasteiger partial charge in [0.2, 0.25) is 5.91 Å². The zero-order valence-corrected chi connectivity index (χ0v) is 16.7. The summed E-state index contributed by atoms with van der Waals surface area (Å²) in [6, 6.07) is 8.44. The van der Waals surface area contributed by atoms with Crippen molar-refractivity contribution < 1.29 is 9.59 Å². The quantitative estimate of drug-likeness (QED) is 0.799. The van der Waals surface area contributed by atoms with Gasteiger partial charge in [0.25, 0.3) is 5.91 Å². The molecular formula is C22H27N5O2. The van der Waals surface area contributed by atoms with Crippen LogP contribution in [0.4, 0.5) is 0 Å². The number of likely N-dealkylation sites (tertiary alicyclic amines) is 1. The first-order valence-corrected chi connectivity index (χ1v) is 10.8. The zero-order valence-electron chi connectivity index (χ0n) is 16.7. The maximum Gasteiger partial charge on any atom is 0.276 e. The fraction of sp³-hybridized carbons (Fsp3) is 0.545. The summed E-state index contributed by atoms with van der Waals surface area (Å²) in [6.07, 6.45) is 7.88. The Morgan fingerprint density at radius 3 is 2.66 bits per heavy atom. The van der Waals surface area contributed by atoms with Crippen LogP contribution in [0, 0.1) is 5.92 Å². The number of aromatic nitrogens is 3. The molecule has 2 aromatic rings. The van der Waals surface area contributed by atoms with E-state index in [-0.39, 0.29) is 17.9 Å². The highest BCUT2D eigenvalue weighted by Crippen LogP contribution is 2.31. The third-order valence-electron chi connectivity index (χ3n) is 6.69. The average molecular weight is 393 g/mol. The van der Waals surface area contributed by atoms with E-state index in [2.05, 4.69) is 22.4 Å². The maximum absolute atomic E-state index is 12.9. The number of carbonyl (C=O) groups excluding carboxylic acids is 2. The van der Waals surface area contributed by atoms with Crippen LogP contribution in [0.3, 0.4) is 0 Å². The molecule has 0 bridgehead atoms. The number of carbonyl (C=O) groups is 2. The van der Waals surface area contributed by atoms with Gasteiger partial charge in [-0.3, -0.25) is 9.59 Å². The van der Waals surface area contributed by atoms with E-state index in [9.17, 15) is 9.59 Å². The van der Waals surface area contributed by atoms with E-state index in [1.807, 2.05) is 21.9 Å². The Labute approximate surface area is 170 Å². The molecule has 3 aliphatic rings. The molecule has 1 aliphatic carbocycles. The van der Waals surface area contributed by atoms with Crippen molar-refractivity contribution in [2.45, 2.75) is 57.7 Å². The van der Waals surface area contributed by atoms with Crippen LogP contribution in [0.1, 0.15) is 53.7 Å². The van der Waals surface area contributed by atoms with Gasteiger partial charge in [-0.15, -0.1) is 5.10 Å². The lowest BCUT2D eigenvalue weighted by Gasteiger charge is -2.32. The van der Waals surface area contributed by atoms with Gasteiger partial charge in [-0.1, -0.05) is 35.9 Å². The maximum atomic E-state index is 12.9. The van der Waals surface area contributed by atoms with Crippen molar-refractivity contribution in [3.05, 3.63) is 47.3 Å². The van der Waals surface area contributed by atoms with Crippen LogP contribution in [-0.2, 0) is 24.3 Å². The normalized spacial score (nSPS) is 21.7. The summed E-state index contributed by atoms with van der Waals surface area (Å²) in [7, 11) is 0. The molecule has 5 rings (SSSR count). The van der Waals surface area contributed by atoms with E-state index in [1.165, 1.54) is 17.5 Å².